The van der Waals surface area contributed by atoms with Gasteiger partial charge in [0.15, 0.2) is 0 Å². The number of aromatic nitrogens is 3. The van der Waals surface area contributed by atoms with E-state index >= 15 is 0 Å². The lowest BCUT2D eigenvalue weighted by Crippen LogP contribution is -2.60. The molecule has 3 heterocycles. The number of aromatic amines is 1. The van der Waals surface area contributed by atoms with Crippen LogP contribution in [0.2, 0.25) is 5.02 Å². The first-order valence-corrected chi connectivity index (χ1v) is 13.6. The van der Waals surface area contributed by atoms with Crippen LogP contribution in [-0.2, 0) is 14.6 Å². The summed E-state index contributed by atoms with van der Waals surface area (Å²) in [5, 5.41) is 4.61. The van der Waals surface area contributed by atoms with Crippen molar-refractivity contribution in [3.63, 3.8) is 0 Å². The van der Waals surface area contributed by atoms with Crippen LogP contribution in [0.25, 0.3) is 11.0 Å². The maximum Gasteiger partial charge on any atom is 0.240 e. The summed E-state index contributed by atoms with van der Waals surface area (Å²) in [5.41, 5.74) is 7.20. The number of anilines is 1. The second-order valence-electron chi connectivity index (χ2n) is 8.93. The van der Waals surface area contributed by atoms with Crippen molar-refractivity contribution in [2.45, 2.75) is 37.3 Å². The number of benzene rings is 1. The van der Waals surface area contributed by atoms with Crippen molar-refractivity contribution >= 4 is 44.2 Å². The summed E-state index contributed by atoms with van der Waals surface area (Å²) in [7, 11) is -3.09. The zero-order chi connectivity index (χ0) is 24.3. The van der Waals surface area contributed by atoms with Crippen LogP contribution in [0, 0.1) is 0 Å². The van der Waals surface area contributed by atoms with Gasteiger partial charge in [0.05, 0.1) is 17.0 Å². The molecule has 0 aliphatic carbocycles. The number of hydrogen-bond donors (Lipinski definition) is 3. The van der Waals surface area contributed by atoms with Gasteiger partial charge in [0.25, 0.3) is 0 Å². The highest BCUT2D eigenvalue weighted by atomic mass is 35.5. The Morgan fingerprint density at radius 3 is 2.62 bits per heavy atom. The van der Waals surface area contributed by atoms with E-state index in [1.54, 1.807) is 12.1 Å². The van der Waals surface area contributed by atoms with E-state index in [-0.39, 0.29) is 17.7 Å². The summed E-state index contributed by atoms with van der Waals surface area (Å²) in [6.07, 6.45) is 6.40. The zero-order valence-corrected chi connectivity index (χ0v) is 20.6. The minimum atomic E-state index is -3.09. The molecule has 1 saturated heterocycles. The summed E-state index contributed by atoms with van der Waals surface area (Å²) in [5.74, 6) is 0.650. The van der Waals surface area contributed by atoms with Crippen LogP contribution in [-0.4, -0.2) is 59.9 Å². The average molecular weight is 505 g/mol. The summed E-state index contributed by atoms with van der Waals surface area (Å²) < 4.78 is 23.2. The van der Waals surface area contributed by atoms with Crippen LogP contribution in [0.3, 0.4) is 0 Å². The topological polar surface area (TPSA) is 134 Å². The predicted molar refractivity (Wildman–Crippen MR) is 134 cm³/mol. The number of sulfone groups is 1. The van der Waals surface area contributed by atoms with E-state index in [4.69, 9.17) is 17.3 Å². The van der Waals surface area contributed by atoms with Gasteiger partial charge in [-0.25, -0.2) is 18.4 Å². The fourth-order valence-corrected chi connectivity index (χ4v) is 5.14. The van der Waals surface area contributed by atoms with E-state index in [2.05, 4.69) is 25.2 Å². The van der Waals surface area contributed by atoms with E-state index in [0.717, 1.165) is 22.4 Å². The Bertz CT molecular complexity index is 1250. The number of nitrogens with zero attached hydrogens (tertiary/aromatic N) is 3. The molecule has 1 aromatic carbocycles. The fourth-order valence-electron chi connectivity index (χ4n) is 4.32. The zero-order valence-electron chi connectivity index (χ0n) is 19.0. The smallest absolute Gasteiger partial charge is 0.240 e. The summed E-state index contributed by atoms with van der Waals surface area (Å²) in [6.45, 7) is 1.17. The number of fused-ring (bicyclic) bond motifs is 1. The standard InChI is InChI=1S/C23H29ClN6O3S/c1-34(32,33)14-2-3-19(16-4-6-17(24)7-5-16)29-22(31)23(25)9-12-30(13-10-23)21-18-8-11-26-20(18)27-15-28-21/h4-8,11,15,19H,2-3,9-10,12-14,25H2,1H3,(H,29,31)(H,26,27,28). The third-order valence-corrected chi connectivity index (χ3v) is 7.61. The van der Waals surface area contributed by atoms with Crippen molar-refractivity contribution in [3.05, 3.63) is 53.4 Å². The number of nitrogens with two attached hydrogens (primary N) is 1. The maximum absolute atomic E-state index is 13.3. The second-order valence-corrected chi connectivity index (χ2v) is 11.6. The molecule has 1 aliphatic heterocycles. The van der Waals surface area contributed by atoms with Crippen molar-refractivity contribution < 1.29 is 13.2 Å². The monoisotopic (exact) mass is 504 g/mol. The minimum Gasteiger partial charge on any atom is -0.356 e. The number of hydrogen-bond acceptors (Lipinski definition) is 7. The number of rotatable bonds is 8. The number of halogens is 1. The Hall–Kier alpha value is -2.69. The maximum atomic E-state index is 13.3. The molecule has 4 N–H and O–H groups in total. The highest BCUT2D eigenvalue weighted by Crippen LogP contribution is 2.29. The first-order valence-electron chi connectivity index (χ1n) is 11.2. The van der Waals surface area contributed by atoms with Crippen LogP contribution < -0.4 is 16.0 Å². The number of nitrogens with one attached hydrogen (secondary N) is 2. The van der Waals surface area contributed by atoms with Crippen molar-refractivity contribution in [2.24, 2.45) is 5.73 Å². The highest BCUT2D eigenvalue weighted by molar-refractivity contribution is 7.90. The Morgan fingerprint density at radius 1 is 1.24 bits per heavy atom. The Morgan fingerprint density at radius 2 is 1.94 bits per heavy atom. The number of carbonyl (C=O) groups is 1. The van der Waals surface area contributed by atoms with Gasteiger partial charge in [-0.2, -0.15) is 0 Å². The van der Waals surface area contributed by atoms with E-state index in [1.165, 1.54) is 12.6 Å². The van der Waals surface area contributed by atoms with Gasteiger partial charge in [-0.1, -0.05) is 23.7 Å². The van der Waals surface area contributed by atoms with Crippen molar-refractivity contribution in [2.75, 3.05) is 30.0 Å². The Kier molecular flexibility index (Phi) is 7.11. The summed E-state index contributed by atoms with van der Waals surface area (Å²) in [4.78, 5) is 27.2. The molecule has 1 atom stereocenters. The van der Waals surface area contributed by atoms with Crippen molar-refractivity contribution in [1.82, 2.24) is 20.3 Å². The fraction of sp³-hybridized carbons (Fsp3) is 0.435. The van der Waals surface area contributed by atoms with Gasteiger partial charge in [-0.3, -0.25) is 4.79 Å². The highest BCUT2D eigenvalue weighted by Gasteiger charge is 2.39. The first-order chi connectivity index (χ1) is 16.1. The van der Waals surface area contributed by atoms with Gasteiger partial charge in [0.2, 0.25) is 5.91 Å². The third-order valence-electron chi connectivity index (χ3n) is 6.33. The van der Waals surface area contributed by atoms with Crippen LogP contribution in [0.15, 0.2) is 42.9 Å². The molecular weight excluding hydrogens is 476 g/mol. The molecule has 0 spiro atoms. The Labute approximate surface area is 204 Å². The van der Waals surface area contributed by atoms with Gasteiger partial charge < -0.3 is 20.9 Å². The lowest BCUT2D eigenvalue weighted by atomic mass is 9.86. The van der Waals surface area contributed by atoms with Gasteiger partial charge in [0.1, 0.15) is 27.6 Å². The normalized spacial score (nSPS) is 17.0. The molecule has 9 nitrogen and oxygen atoms in total. The van der Waals surface area contributed by atoms with Gasteiger partial charge >= 0.3 is 0 Å². The van der Waals surface area contributed by atoms with Crippen LogP contribution >= 0.6 is 11.6 Å². The number of piperidine rings is 1. The molecule has 34 heavy (non-hydrogen) atoms. The molecular formula is C23H29ClN6O3S. The van der Waals surface area contributed by atoms with Crippen LogP contribution in [0.5, 0.6) is 0 Å². The molecule has 1 aliphatic rings. The molecule has 3 aromatic rings. The molecule has 11 heteroatoms. The van der Waals surface area contributed by atoms with Crippen LogP contribution in [0.1, 0.15) is 37.3 Å². The molecule has 1 amide bonds. The third kappa shape index (κ3) is 5.68. The second kappa shape index (κ2) is 9.89. The molecule has 1 fully saturated rings. The van der Waals surface area contributed by atoms with Gasteiger partial charge in [0, 0.05) is 36.3 Å². The number of H-pyrrole nitrogens is 1. The molecule has 0 bridgehead atoms. The minimum absolute atomic E-state index is 0.0578. The van der Waals surface area contributed by atoms with Crippen molar-refractivity contribution in [1.29, 1.82) is 0 Å². The van der Waals surface area contributed by atoms with E-state index in [9.17, 15) is 13.2 Å². The van der Waals surface area contributed by atoms with Crippen LogP contribution in [0.4, 0.5) is 5.82 Å². The molecule has 0 saturated carbocycles. The van der Waals surface area contributed by atoms with Gasteiger partial charge in [-0.15, -0.1) is 0 Å². The number of amides is 1. The summed E-state index contributed by atoms with van der Waals surface area (Å²) in [6, 6.07) is 8.79. The van der Waals surface area contributed by atoms with E-state index in [0.29, 0.717) is 43.8 Å². The predicted octanol–water partition coefficient (Wildman–Crippen LogP) is 2.59. The van der Waals surface area contributed by atoms with E-state index < -0.39 is 15.4 Å². The largest absolute Gasteiger partial charge is 0.356 e. The molecule has 0 radical (unpaired) electrons. The van der Waals surface area contributed by atoms with Crippen molar-refractivity contribution in [3.8, 4) is 0 Å². The number of carbonyl (C=O) groups excluding carboxylic acids is 1. The van der Waals surface area contributed by atoms with E-state index in [1.807, 2.05) is 24.4 Å². The lowest BCUT2D eigenvalue weighted by molar-refractivity contribution is -0.128. The quantitative estimate of drug-likeness (QED) is 0.429. The molecule has 1 unspecified atom stereocenters. The molecule has 182 valence electrons. The average Bonchev–Trinajstić information content (AvgIpc) is 3.28. The SMILES string of the molecule is CS(=O)(=O)CCCC(NC(=O)C1(N)CCN(c2ncnc3[nH]ccc23)CC1)c1ccc(Cl)cc1. The lowest BCUT2D eigenvalue weighted by Gasteiger charge is -2.39. The summed E-state index contributed by atoms with van der Waals surface area (Å²) >= 11 is 6.02. The van der Waals surface area contributed by atoms with Gasteiger partial charge in [-0.05, 0) is 49.4 Å². The Balaban J connectivity index is 1.44. The first kappa shape index (κ1) is 24.4. The molecule has 2 aromatic heterocycles. The molecule has 4 rings (SSSR count).